The maximum absolute atomic E-state index is 12.0. The fraction of sp³-hybridized carbons (Fsp3) is 0.438. The van der Waals surface area contributed by atoms with Crippen LogP contribution in [0.3, 0.4) is 0 Å². The van der Waals surface area contributed by atoms with Gasteiger partial charge in [-0.25, -0.2) is 0 Å². The molecule has 130 valence electrons. The number of hydrogen-bond acceptors (Lipinski definition) is 6. The highest BCUT2D eigenvalue weighted by Gasteiger charge is 2.08. The first-order chi connectivity index (χ1) is 11.7. The van der Waals surface area contributed by atoms with Gasteiger partial charge in [-0.1, -0.05) is 23.9 Å². The summed E-state index contributed by atoms with van der Waals surface area (Å²) in [6.45, 7) is 1.95. The first-order valence-corrected chi connectivity index (χ1v) is 8.60. The lowest BCUT2D eigenvalue weighted by Gasteiger charge is -2.07. The van der Waals surface area contributed by atoms with Crippen LogP contribution in [0.2, 0.25) is 0 Å². The van der Waals surface area contributed by atoms with Crippen molar-refractivity contribution in [2.45, 2.75) is 24.7 Å². The molecule has 0 saturated heterocycles. The SMILES string of the molecule is COCCCn1cnnc1SCC(=O)NCc1ccc(OC)cc1. The third kappa shape index (κ3) is 5.86. The van der Waals surface area contributed by atoms with E-state index in [0.717, 1.165) is 29.4 Å². The molecule has 2 rings (SSSR count). The maximum Gasteiger partial charge on any atom is 0.230 e. The Hall–Kier alpha value is -2.06. The number of amides is 1. The Kier molecular flexibility index (Phi) is 7.57. The number of hydrogen-bond donors (Lipinski definition) is 1. The van der Waals surface area contributed by atoms with Crippen LogP contribution in [0, 0.1) is 0 Å². The van der Waals surface area contributed by atoms with Gasteiger partial charge in [0.15, 0.2) is 5.16 Å². The molecule has 0 radical (unpaired) electrons. The Morgan fingerprint density at radius 1 is 1.29 bits per heavy atom. The molecule has 8 heteroatoms. The summed E-state index contributed by atoms with van der Waals surface area (Å²) >= 11 is 1.38. The Morgan fingerprint density at radius 3 is 2.79 bits per heavy atom. The molecule has 0 aliphatic carbocycles. The standard InChI is InChI=1S/C16H22N4O3S/c1-22-9-3-8-20-12-18-19-16(20)24-11-15(21)17-10-13-4-6-14(23-2)7-5-13/h4-7,12H,3,8-11H2,1-2H3,(H,17,21). The van der Waals surface area contributed by atoms with Gasteiger partial charge in [-0.05, 0) is 24.1 Å². The molecule has 0 aliphatic heterocycles. The van der Waals surface area contributed by atoms with Gasteiger partial charge in [0.2, 0.25) is 5.91 Å². The predicted octanol–water partition coefficient (Wildman–Crippen LogP) is 1.73. The summed E-state index contributed by atoms with van der Waals surface area (Å²) in [5, 5.41) is 11.6. The molecule has 1 aromatic heterocycles. The molecule has 0 unspecified atom stereocenters. The molecule has 1 aromatic carbocycles. The largest absolute Gasteiger partial charge is 0.497 e. The summed E-state index contributed by atoms with van der Waals surface area (Å²) in [5.74, 6) is 1.06. The van der Waals surface area contributed by atoms with E-state index in [1.165, 1.54) is 11.8 Å². The molecular formula is C16H22N4O3S. The van der Waals surface area contributed by atoms with Crippen molar-refractivity contribution < 1.29 is 14.3 Å². The van der Waals surface area contributed by atoms with E-state index in [9.17, 15) is 4.79 Å². The van der Waals surface area contributed by atoms with Gasteiger partial charge in [-0.15, -0.1) is 10.2 Å². The van der Waals surface area contributed by atoms with Crippen molar-refractivity contribution in [3.05, 3.63) is 36.2 Å². The average Bonchev–Trinajstić information content (AvgIpc) is 3.06. The number of carbonyl (C=O) groups is 1. The van der Waals surface area contributed by atoms with Crippen LogP contribution in [0.5, 0.6) is 5.75 Å². The van der Waals surface area contributed by atoms with Gasteiger partial charge < -0.3 is 19.4 Å². The van der Waals surface area contributed by atoms with E-state index in [2.05, 4.69) is 15.5 Å². The second-order valence-corrected chi connectivity index (χ2v) is 6.01. The zero-order valence-corrected chi connectivity index (χ0v) is 14.7. The van der Waals surface area contributed by atoms with Gasteiger partial charge in [-0.3, -0.25) is 4.79 Å². The van der Waals surface area contributed by atoms with Crippen molar-refractivity contribution in [1.82, 2.24) is 20.1 Å². The van der Waals surface area contributed by atoms with E-state index in [1.54, 1.807) is 20.5 Å². The number of nitrogens with zero attached hydrogens (tertiary/aromatic N) is 3. The van der Waals surface area contributed by atoms with E-state index in [4.69, 9.17) is 9.47 Å². The van der Waals surface area contributed by atoms with E-state index in [-0.39, 0.29) is 5.91 Å². The van der Waals surface area contributed by atoms with Gasteiger partial charge in [0.05, 0.1) is 12.9 Å². The third-order valence-electron chi connectivity index (χ3n) is 3.31. The van der Waals surface area contributed by atoms with Crippen molar-refractivity contribution in [2.75, 3.05) is 26.6 Å². The Labute approximate surface area is 145 Å². The molecule has 24 heavy (non-hydrogen) atoms. The molecule has 0 saturated carbocycles. The van der Waals surface area contributed by atoms with Gasteiger partial charge in [0, 0.05) is 26.8 Å². The van der Waals surface area contributed by atoms with E-state index < -0.39 is 0 Å². The molecular weight excluding hydrogens is 328 g/mol. The number of nitrogens with one attached hydrogen (secondary N) is 1. The van der Waals surface area contributed by atoms with E-state index >= 15 is 0 Å². The smallest absolute Gasteiger partial charge is 0.230 e. The van der Waals surface area contributed by atoms with Crippen LogP contribution < -0.4 is 10.1 Å². The minimum atomic E-state index is -0.0396. The second kappa shape index (κ2) is 9.94. The number of benzene rings is 1. The van der Waals surface area contributed by atoms with E-state index in [1.807, 2.05) is 28.8 Å². The molecule has 1 heterocycles. The number of aryl methyl sites for hydroxylation is 1. The highest BCUT2D eigenvalue weighted by atomic mass is 32.2. The fourth-order valence-corrected chi connectivity index (χ4v) is 2.79. The Balaban J connectivity index is 1.73. The molecule has 2 aromatic rings. The van der Waals surface area contributed by atoms with Crippen LogP contribution in [0.1, 0.15) is 12.0 Å². The van der Waals surface area contributed by atoms with Crippen LogP contribution in [0.15, 0.2) is 35.7 Å². The minimum Gasteiger partial charge on any atom is -0.497 e. The lowest BCUT2D eigenvalue weighted by Crippen LogP contribution is -2.24. The number of aromatic nitrogens is 3. The maximum atomic E-state index is 12.0. The third-order valence-corrected chi connectivity index (χ3v) is 4.29. The molecule has 1 amide bonds. The molecule has 0 spiro atoms. The van der Waals surface area contributed by atoms with Crippen molar-refractivity contribution in [1.29, 1.82) is 0 Å². The van der Waals surface area contributed by atoms with Crippen LogP contribution in [0.4, 0.5) is 0 Å². The lowest BCUT2D eigenvalue weighted by atomic mass is 10.2. The summed E-state index contributed by atoms with van der Waals surface area (Å²) < 4.78 is 12.1. The summed E-state index contributed by atoms with van der Waals surface area (Å²) in [5.41, 5.74) is 1.02. The van der Waals surface area contributed by atoms with Gasteiger partial charge in [0.1, 0.15) is 12.1 Å². The molecule has 1 N–H and O–H groups in total. The van der Waals surface area contributed by atoms with Crippen molar-refractivity contribution in [2.24, 2.45) is 0 Å². The summed E-state index contributed by atoms with van der Waals surface area (Å²) in [6.07, 6.45) is 2.55. The van der Waals surface area contributed by atoms with Gasteiger partial charge >= 0.3 is 0 Å². The van der Waals surface area contributed by atoms with E-state index in [0.29, 0.717) is 18.9 Å². The topological polar surface area (TPSA) is 78.3 Å². The summed E-state index contributed by atoms with van der Waals surface area (Å²) in [6, 6.07) is 7.61. The van der Waals surface area contributed by atoms with Crippen LogP contribution in [0.25, 0.3) is 0 Å². The molecule has 0 bridgehead atoms. The summed E-state index contributed by atoms with van der Waals surface area (Å²) in [4.78, 5) is 12.0. The Morgan fingerprint density at radius 2 is 2.08 bits per heavy atom. The van der Waals surface area contributed by atoms with Crippen molar-refractivity contribution in [3.63, 3.8) is 0 Å². The van der Waals surface area contributed by atoms with Crippen LogP contribution in [-0.2, 0) is 22.6 Å². The monoisotopic (exact) mass is 350 g/mol. The second-order valence-electron chi connectivity index (χ2n) is 5.07. The fourth-order valence-electron chi connectivity index (χ4n) is 2.01. The normalized spacial score (nSPS) is 10.6. The van der Waals surface area contributed by atoms with Crippen molar-refractivity contribution in [3.8, 4) is 5.75 Å². The Bertz CT molecular complexity index is 631. The first-order valence-electron chi connectivity index (χ1n) is 7.62. The van der Waals surface area contributed by atoms with Gasteiger partial charge in [0.25, 0.3) is 0 Å². The average molecular weight is 350 g/mol. The van der Waals surface area contributed by atoms with Crippen molar-refractivity contribution >= 4 is 17.7 Å². The highest BCUT2D eigenvalue weighted by Crippen LogP contribution is 2.15. The number of methoxy groups -OCH3 is 2. The molecule has 0 atom stereocenters. The zero-order valence-electron chi connectivity index (χ0n) is 13.9. The predicted molar refractivity (Wildman–Crippen MR) is 92.1 cm³/mol. The quantitative estimate of drug-likeness (QED) is 0.519. The number of rotatable bonds is 10. The number of thioether (sulfide) groups is 1. The molecule has 0 fully saturated rings. The number of carbonyl (C=O) groups excluding carboxylic acids is 1. The molecule has 7 nitrogen and oxygen atoms in total. The molecule has 0 aliphatic rings. The lowest BCUT2D eigenvalue weighted by molar-refractivity contribution is -0.118. The first kappa shape index (κ1) is 18.3. The van der Waals surface area contributed by atoms with Crippen LogP contribution in [-0.4, -0.2) is 47.3 Å². The highest BCUT2D eigenvalue weighted by molar-refractivity contribution is 7.99. The minimum absolute atomic E-state index is 0.0396. The zero-order chi connectivity index (χ0) is 17.2. The number of ether oxygens (including phenoxy) is 2. The van der Waals surface area contributed by atoms with Crippen LogP contribution >= 0.6 is 11.8 Å². The summed E-state index contributed by atoms with van der Waals surface area (Å²) in [7, 11) is 3.30. The van der Waals surface area contributed by atoms with Gasteiger partial charge in [-0.2, -0.15) is 0 Å².